The number of anilines is 1. The van der Waals surface area contributed by atoms with E-state index >= 15 is 0 Å². The van der Waals surface area contributed by atoms with Crippen LogP contribution in [0.3, 0.4) is 0 Å². The molecule has 0 saturated carbocycles. The zero-order valence-corrected chi connectivity index (χ0v) is 11.1. The van der Waals surface area contributed by atoms with Crippen molar-refractivity contribution in [2.24, 2.45) is 0 Å². The van der Waals surface area contributed by atoms with Crippen LogP contribution in [0, 0.1) is 0 Å². The Morgan fingerprint density at radius 1 is 1.45 bits per heavy atom. The maximum Gasteiger partial charge on any atom is 0.255 e. The van der Waals surface area contributed by atoms with E-state index in [2.05, 4.69) is 10.6 Å². The van der Waals surface area contributed by atoms with Crippen LogP contribution in [0.1, 0.15) is 16.8 Å². The van der Waals surface area contributed by atoms with Gasteiger partial charge in [-0.05, 0) is 12.1 Å². The SMILES string of the molecule is O=C(NCC1(O)CCOC1)c1cccc2c1OCCN2. The van der Waals surface area contributed by atoms with Gasteiger partial charge in [-0.2, -0.15) is 0 Å². The molecule has 6 heteroatoms. The van der Waals surface area contributed by atoms with Crippen LogP contribution >= 0.6 is 0 Å². The van der Waals surface area contributed by atoms with E-state index in [0.29, 0.717) is 30.9 Å². The molecule has 1 unspecified atom stereocenters. The highest BCUT2D eigenvalue weighted by Crippen LogP contribution is 2.31. The van der Waals surface area contributed by atoms with Gasteiger partial charge in [-0.15, -0.1) is 0 Å². The summed E-state index contributed by atoms with van der Waals surface area (Å²) in [6, 6.07) is 5.41. The number of rotatable bonds is 3. The summed E-state index contributed by atoms with van der Waals surface area (Å²) in [6.45, 7) is 2.24. The summed E-state index contributed by atoms with van der Waals surface area (Å²) in [6.07, 6.45) is 0.540. The smallest absolute Gasteiger partial charge is 0.255 e. The third-order valence-corrected chi connectivity index (χ3v) is 3.58. The zero-order valence-electron chi connectivity index (χ0n) is 11.1. The lowest BCUT2D eigenvalue weighted by Crippen LogP contribution is -2.43. The maximum atomic E-state index is 12.2. The first kappa shape index (κ1) is 13.2. The molecule has 3 rings (SSSR count). The molecular formula is C14H18N2O4. The number of para-hydroxylation sites is 1. The molecular weight excluding hydrogens is 260 g/mol. The van der Waals surface area contributed by atoms with Gasteiger partial charge >= 0.3 is 0 Å². The lowest BCUT2D eigenvalue weighted by atomic mass is 10.0. The molecule has 0 aliphatic carbocycles. The summed E-state index contributed by atoms with van der Waals surface area (Å²) in [5.41, 5.74) is 0.355. The van der Waals surface area contributed by atoms with Gasteiger partial charge in [-0.3, -0.25) is 4.79 Å². The van der Waals surface area contributed by atoms with E-state index in [-0.39, 0.29) is 19.1 Å². The van der Waals surface area contributed by atoms with Crippen molar-refractivity contribution in [2.45, 2.75) is 12.0 Å². The van der Waals surface area contributed by atoms with Gasteiger partial charge in [0.05, 0.1) is 17.9 Å². The van der Waals surface area contributed by atoms with Gasteiger partial charge in [0.15, 0.2) is 5.75 Å². The Kier molecular flexibility index (Phi) is 3.50. The molecule has 1 saturated heterocycles. The van der Waals surface area contributed by atoms with Crippen LogP contribution in [-0.4, -0.2) is 49.5 Å². The first-order valence-electron chi connectivity index (χ1n) is 6.76. The van der Waals surface area contributed by atoms with E-state index in [0.717, 1.165) is 12.2 Å². The Hall–Kier alpha value is -1.79. The molecule has 3 N–H and O–H groups in total. The zero-order chi connectivity index (χ0) is 14.0. The number of benzene rings is 1. The Morgan fingerprint density at radius 3 is 3.15 bits per heavy atom. The van der Waals surface area contributed by atoms with E-state index in [1.165, 1.54) is 0 Å². The first-order chi connectivity index (χ1) is 9.68. The molecule has 2 heterocycles. The van der Waals surface area contributed by atoms with Crippen LogP contribution in [0.4, 0.5) is 5.69 Å². The van der Waals surface area contributed by atoms with Crippen LogP contribution in [-0.2, 0) is 4.74 Å². The predicted molar refractivity (Wildman–Crippen MR) is 73.1 cm³/mol. The van der Waals surface area contributed by atoms with Gasteiger partial charge in [0.25, 0.3) is 5.91 Å². The number of amides is 1. The highest BCUT2D eigenvalue weighted by Gasteiger charge is 2.33. The van der Waals surface area contributed by atoms with Crippen molar-refractivity contribution < 1.29 is 19.4 Å². The molecule has 1 aromatic carbocycles. The second-order valence-corrected chi connectivity index (χ2v) is 5.17. The van der Waals surface area contributed by atoms with Crippen LogP contribution in [0.2, 0.25) is 0 Å². The molecule has 1 amide bonds. The van der Waals surface area contributed by atoms with E-state index in [1.807, 2.05) is 12.1 Å². The molecule has 2 aliphatic heterocycles. The number of fused-ring (bicyclic) bond motifs is 1. The van der Waals surface area contributed by atoms with E-state index in [9.17, 15) is 9.90 Å². The van der Waals surface area contributed by atoms with Crippen LogP contribution in [0.15, 0.2) is 18.2 Å². The Bertz CT molecular complexity index is 512. The van der Waals surface area contributed by atoms with Crippen molar-refractivity contribution >= 4 is 11.6 Å². The molecule has 1 fully saturated rings. The van der Waals surface area contributed by atoms with Gasteiger partial charge in [0, 0.05) is 26.1 Å². The van der Waals surface area contributed by atoms with Crippen molar-refractivity contribution in [3.05, 3.63) is 23.8 Å². The summed E-state index contributed by atoms with van der Waals surface area (Å²) < 4.78 is 10.7. The standard InChI is InChI=1S/C14H18N2O4/c17-13(16-8-14(18)4-6-19-9-14)10-2-1-3-11-12(10)20-7-5-15-11/h1-3,15,18H,4-9H2,(H,16,17). The maximum absolute atomic E-state index is 12.2. The monoisotopic (exact) mass is 278 g/mol. The van der Waals surface area contributed by atoms with Crippen molar-refractivity contribution in [3.63, 3.8) is 0 Å². The second-order valence-electron chi connectivity index (χ2n) is 5.17. The highest BCUT2D eigenvalue weighted by molar-refractivity contribution is 5.99. The van der Waals surface area contributed by atoms with Crippen LogP contribution in [0.5, 0.6) is 5.75 Å². The number of carbonyl (C=O) groups excluding carboxylic acids is 1. The summed E-state index contributed by atoms with van der Waals surface area (Å²) in [5, 5.41) is 16.1. The van der Waals surface area contributed by atoms with Crippen molar-refractivity contribution in [1.82, 2.24) is 5.32 Å². The Balaban J connectivity index is 1.71. The topological polar surface area (TPSA) is 79.8 Å². The number of hydrogen-bond donors (Lipinski definition) is 3. The van der Waals surface area contributed by atoms with E-state index in [4.69, 9.17) is 9.47 Å². The van der Waals surface area contributed by atoms with Crippen LogP contribution in [0.25, 0.3) is 0 Å². The van der Waals surface area contributed by atoms with Gasteiger partial charge in [-0.1, -0.05) is 6.07 Å². The fraction of sp³-hybridized carbons (Fsp3) is 0.500. The minimum absolute atomic E-state index is 0.183. The summed E-state index contributed by atoms with van der Waals surface area (Å²) >= 11 is 0. The van der Waals surface area contributed by atoms with Crippen molar-refractivity contribution in [1.29, 1.82) is 0 Å². The van der Waals surface area contributed by atoms with Crippen molar-refractivity contribution in [2.75, 3.05) is 38.2 Å². The fourth-order valence-corrected chi connectivity index (χ4v) is 2.43. The average molecular weight is 278 g/mol. The molecule has 0 spiro atoms. The molecule has 1 aromatic rings. The molecule has 6 nitrogen and oxygen atoms in total. The molecule has 2 aliphatic rings. The predicted octanol–water partition coefficient (Wildman–Crippen LogP) is 0.372. The number of hydrogen-bond acceptors (Lipinski definition) is 5. The lowest BCUT2D eigenvalue weighted by molar-refractivity contribution is 0.0264. The van der Waals surface area contributed by atoms with Gasteiger partial charge in [0.1, 0.15) is 12.2 Å². The third kappa shape index (κ3) is 2.57. The molecule has 20 heavy (non-hydrogen) atoms. The summed E-state index contributed by atoms with van der Waals surface area (Å²) in [5.74, 6) is 0.330. The van der Waals surface area contributed by atoms with Gasteiger partial charge in [-0.25, -0.2) is 0 Å². The number of ether oxygens (including phenoxy) is 2. The molecule has 1 atom stereocenters. The second kappa shape index (κ2) is 5.30. The summed E-state index contributed by atoms with van der Waals surface area (Å²) in [7, 11) is 0. The largest absolute Gasteiger partial charge is 0.489 e. The van der Waals surface area contributed by atoms with E-state index in [1.54, 1.807) is 6.07 Å². The quantitative estimate of drug-likeness (QED) is 0.744. The minimum atomic E-state index is -0.955. The number of aliphatic hydroxyl groups is 1. The molecule has 0 bridgehead atoms. The highest BCUT2D eigenvalue weighted by atomic mass is 16.5. The van der Waals surface area contributed by atoms with Gasteiger partial charge < -0.3 is 25.2 Å². The lowest BCUT2D eigenvalue weighted by Gasteiger charge is -2.23. The van der Waals surface area contributed by atoms with Crippen LogP contribution < -0.4 is 15.4 Å². The number of nitrogens with one attached hydrogen (secondary N) is 2. The molecule has 0 aromatic heterocycles. The van der Waals surface area contributed by atoms with Gasteiger partial charge in [0.2, 0.25) is 0 Å². The Labute approximate surface area is 117 Å². The molecule has 0 radical (unpaired) electrons. The summed E-state index contributed by atoms with van der Waals surface area (Å²) in [4.78, 5) is 12.2. The fourth-order valence-electron chi connectivity index (χ4n) is 2.43. The third-order valence-electron chi connectivity index (χ3n) is 3.58. The molecule has 108 valence electrons. The number of carbonyl (C=O) groups is 1. The van der Waals surface area contributed by atoms with Crippen molar-refractivity contribution in [3.8, 4) is 5.75 Å². The van der Waals surface area contributed by atoms with E-state index < -0.39 is 5.60 Å². The normalized spacial score (nSPS) is 24.4. The minimum Gasteiger partial charge on any atom is -0.489 e. The average Bonchev–Trinajstić information content (AvgIpc) is 2.91. The Morgan fingerprint density at radius 2 is 2.35 bits per heavy atom. The first-order valence-corrected chi connectivity index (χ1v) is 6.76.